The van der Waals surface area contributed by atoms with Gasteiger partial charge in [-0.3, -0.25) is 4.57 Å². The standard InChI is InChI=1S/C13H19N7O4/c1-5(2)18-19-13-16-10(14)7-11(17-13)20(4-15-7)12-9(23)8(22)6(3-21)24-12/h4,6,8-9,12,21-23H,3H2,1-2H3,(H3,14,16,17,19)/t6-,8-,9-,12?/m1/s1. The number of nitrogen functional groups attached to an aromatic ring is 1. The quantitative estimate of drug-likeness (QED) is 0.341. The molecule has 11 heteroatoms. The van der Waals surface area contributed by atoms with E-state index in [0.29, 0.717) is 11.2 Å². The molecule has 3 rings (SSSR count). The molecule has 0 saturated carbocycles. The normalized spacial score (nSPS) is 26.7. The highest BCUT2D eigenvalue weighted by Crippen LogP contribution is 2.32. The minimum absolute atomic E-state index is 0.136. The summed E-state index contributed by atoms with van der Waals surface area (Å²) in [5.41, 5.74) is 9.97. The van der Waals surface area contributed by atoms with Gasteiger partial charge in [0.25, 0.3) is 0 Å². The monoisotopic (exact) mass is 337 g/mol. The minimum Gasteiger partial charge on any atom is -0.394 e. The zero-order valence-corrected chi connectivity index (χ0v) is 13.2. The number of hydrogen-bond acceptors (Lipinski definition) is 10. The Morgan fingerprint density at radius 3 is 2.75 bits per heavy atom. The summed E-state index contributed by atoms with van der Waals surface area (Å²) in [5.74, 6) is 0.298. The number of hydrazone groups is 1. The van der Waals surface area contributed by atoms with Crippen molar-refractivity contribution in [2.24, 2.45) is 5.10 Å². The Morgan fingerprint density at radius 2 is 2.12 bits per heavy atom. The number of nitrogens with one attached hydrogen (secondary N) is 1. The predicted octanol–water partition coefficient (Wildman–Crippen LogP) is -1.17. The van der Waals surface area contributed by atoms with E-state index in [1.165, 1.54) is 10.9 Å². The lowest BCUT2D eigenvalue weighted by molar-refractivity contribution is -0.0511. The summed E-state index contributed by atoms with van der Waals surface area (Å²) in [4.78, 5) is 12.5. The first-order valence-corrected chi connectivity index (χ1v) is 7.31. The maximum atomic E-state index is 10.2. The Balaban J connectivity index is 2.01. The van der Waals surface area contributed by atoms with Crippen LogP contribution in [0.25, 0.3) is 11.2 Å². The average molecular weight is 337 g/mol. The van der Waals surface area contributed by atoms with Crippen molar-refractivity contribution in [3.63, 3.8) is 0 Å². The molecular weight excluding hydrogens is 318 g/mol. The maximum absolute atomic E-state index is 10.2. The molecule has 24 heavy (non-hydrogen) atoms. The highest BCUT2D eigenvalue weighted by molar-refractivity contribution is 5.83. The fourth-order valence-corrected chi connectivity index (χ4v) is 2.45. The highest BCUT2D eigenvalue weighted by atomic mass is 16.6. The van der Waals surface area contributed by atoms with Crippen LogP contribution < -0.4 is 11.2 Å². The van der Waals surface area contributed by atoms with E-state index in [0.717, 1.165) is 5.71 Å². The molecule has 3 heterocycles. The lowest BCUT2D eigenvalue weighted by Crippen LogP contribution is -2.33. The Hall–Kier alpha value is -2.34. The van der Waals surface area contributed by atoms with Gasteiger partial charge in [-0.2, -0.15) is 15.1 Å². The van der Waals surface area contributed by atoms with E-state index in [1.54, 1.807) is 13.8 Å². The lowest BCUT2D eigenvalue weighted by Gasteiger charge is -2.16. The zero-order chi connectivity index (χ0) is 17.4. The molecule has 1 fully saturated rings. The van der Waals surface area contributed by atoms with Crippen molar-refractivity contribution in [2.75, 3.05) is 17.8 Å². The second-order valence-electron chi connectivity index (χ2n) is 5.66. The molecule has 4 atom stereocenters. The number of ether oxygens (including phenoxy) is 1. The van der Waals surface area contributed by atoms with Crippen LogP contribution >= 0.6 is 0 Å². The van der Waals surface area contributed by atoms with Crippen molar-refractivity contribution in [1.29, 1.82) is 0 Å². The summed E-state index contributed by atoms with van der Waals surface area (Å²) < 4.78 is 6.92. The molecule has 1 saturated heterocycles. The first kappa shape index (κ1) is 16.5. The van der Waals surface area contributed by atoms with Crippen LogP contribution in [-0.2, 0) is 4.74 Å². The van der Waals surface area contributed by atoms with Crippen molar-refractivity contribution in [3.8, 4) is 0 Å². The second kappa shape index (κ2) is 6.28. The van der Waals surface area contributed by atoms with Gasteiger partial charge in [0.1, 0.15) is 23.8 Å². The molecule has 0 aromatic carbocycles. The predicted molar refractivity (Wildman–Crippen MR) is 85.2 cm³/mol. The molecule has 6 N–H and O–H groups in total. The van der Waals surface area contributed by atoms with E-state index in [1.807, 2.05) is 0 Å². The van der Waals surface area contributed by atoms with Crippen LogP contribution in [0.3, 0.4) is 0 Å². The van der Waals surface area contributed by atoms with Crippen LogP contribution in [0.2, 0.25) is 0 Å². The molecule has 0 bridgehead atoms. The van der Waals surface area contributed by atoms with E-state index in [9.17, 15) is 15.3 Å². The first-order chi connectivity index (χ1) is 11.4. The van der Waals surface area contributed by atoms with Crippen LogP contribution in [0.1, 0.15) is 20.1 Å². The molecule has 0 radical (unpaired) electrons. The lowest BCUT2D eigenvalue weighted by atomic mass is 10.1. The molecule has 2 aromatic heterocycles. The zero-order valence-electron chi connectivity index (χ0n) is 13.2. The van der Waals surface area contributed by atoms with Crippen molar-refractivity contribution in [2.45, 2.75) is 38.4 Å². The molecule has 130 valence electrons. The molecule has 0 aliphatic carbocycles. The largest absolute Gasteiger partial charge is 0.394 e. The number of rotatable bonds is 4. The third kappa shape index (κ3) is 2.78. The third-order valence-electron chi connectivity index (χ3n) is 3.62. The number of imidazole rings is 1. The van der Waals surface area contributed by atoms with E-state index in [2.05, 4.69) is 25.5 Å². The molecule has 0 spiro atoms. The summed E-state index contributed by atoms with van der Waals surface area (Å²) >= 11 is 0. The van der Waals surface area contributed by atoms with Gasteiger partial charge in [-0.25, -0.2) is 10.4 Å². The Bertz CT molecular complexity index is 773. The van der Waals surface area contributed by atoms with Gasteiger partial charge in [0.15, 0.2) is 17.7 Å². The van der Waals surface area contributed by atoms with Crippen LogP contribution in [0.5, 0.6) is 0 Å². The van der Waals surface area contributed by atoms with Gasteiger partial charge in [0.2, 0.25) is 5.95 Å². The summed E-state index contributed by atoms with van der Waals surface area (Å²) in [7, 11) is 0. The first-order valence-electron chi connectivity index (χ1n) is 7.31. The molecule has 0 amide bonds. The number of nitrogens with two attached hydrogens (primary N) is 1. The van der Waals surface area contributed by atoms with Gasteiger partial charge in [0, 0.05) is 5.71 Å². The van der Waals surface area contributed by atoms with Gasteiger partial charge < -0.3 is 25.8 Å². The van der Waals surface area contributed by atoms with Gasteiger partial charge in [-0.05, 0) is 13.8 Å². The van der Waals surface area contributed by atoms with Crippen molar-refractivity contribution < 1.29 is 20.1 Å². The van der Waals surface area contributed by atoms with E-state index in [4.69, 9.17) is 10.5 Å². The van der Waals surface area contributed by atoms with Crippen molar-refractivity contribution >= 4 is 28.6 Å². The van der Waals surface area contributed by atoms with Crippen LogP contribution in [0.4, 0.5) is 11.8 Å². The molecule has 2 aromatic rings. The SMILES string of the molecule is CC(C)=NNc1nc(N)c2ncn(C3O[C@H](CO)[C@@H](O)[C@H]3O)c2n1. The summed E-state index contributed by atoms with van der Waals surface area (Å²) in [6.07, 6.45) is -2.94. The number of aromatic nitrogens is 4. The molecule has 1 aliphatic rings. The summed E-state index contributed by atoms with van der Waals surface area (Å²) in [6, 6.07) is 0. The van der Waals surface area contributed by atoms with E-state index < -0.39 is 31.1 Å². The van der Waals surface area contributed by atoms with Crippen LogP contribution in [-0.4, -0.2) is 65.5 Å². The highest BCUT2D eigenvalue weighted by Gasteiger charge is 2.44. The number of aliphatic hydroxyl groups is 3. The summed E-state index contributed by atoms with van der Waals surface area (Å²) in [5, 5.41) is 33.3. The minimum atomic E-state index is -1.25. The molecule has 1 unspecified atom stereocenters. The average Bonchev–Trinajstić information content (AvgIpc) is 3.08. The number of aliphatic hydroxyl groups excluding tert-OH is 3. The Morgan fingerprint density at radius 1 is 1.38 bits per heavy atom. The molecule has 1 aliphatic heterocycles. The van der Waals surface area contributed by atoms with Gasteiger partial charge in [0.05, 0.1) is 12.9 Å². The van der Waals surface area contributed by atoms with Crippen LogP contribution in [0.15, 0.2) is 11.4 Å². The van der Waals surface area contributed by atoms with E-state index >= 15 is 0 Å². The maximum Gasteiger partial charge on any atom is 0.247 e. The van der Waals surface area contributed by atoms with E-state index in [-0.39, 0.29) is 11.8 Å². The van der Waals surface area contributed by atoms with Gasteiger partial charge in [-0.1, -0.05) is 0 Å². The molecule has 11 nitrogen and oxygen atoms in total. The Kier molecular flexibility index (Phi) is 4.32. The van der Waals surface area contributed by atoms with Gasteiger partial charge >= 0.3 is 0 Å². The number of fused-ring (bicyclic) bond motifs is 1. The fraction of sp³-hybridized carbons (Fsp3) is 0.538. The topological polar surface area (TPSA) is 164 Å². The third-order valence-corrected chi connectivity index (χ3v) is 3.62. The Labute approximate surface area is 136 Å². The number of hydrogen-bond donors (Lipinski definition) is 5. The van der Waals surface area contributed by atoms with Crippen LogP contribution in [0, 0.1) is 0 Å². The van der Waals surface area contributed by atoms with Crippen molar-refractivity contribution in [3.05, 3.63) is 6.33 Å². The smallest absolute Gasteiger partial charge is 0.247 e. The van der Waals surface area contributed by atoms with Gasteiger partial charge in [-0.15, -0.1) is 0 Å². The number of nitrogens with zero attached hydrogens (tertiary/aromatic N) is 5. The summed E-state index contributed by atoms with van der Waals surface area (Å²) in [6.45, 7) is 3.19. The number of anilines is 2. The molecular formula is C13H19N7O4. The van der Waals surface area contributed by atoms with Crippen molar-refractivity contribution in [1.82, 2.24) is 19.5 Å². The fourth-order valence-electron chi connectivity index (χ4n) is 2.45. The second-order valence-corrected chi connectivity index (χ2v) is 5.66.